The summed E-state index contributed by atoms with van der Waals surface area (Å²) in [5.74, 6) is 2.41. The van der Waals surface area contributed by atoms with Crippen LogP contribution in [0.15, 0.2) is 34.9 Å². The molecule has 0 radical (unpaired) electrons. The van der Waals surface area contributed by atoms with Crippen molar-refractivity contribution >= 4 is 17.5 Å². The van der Waals surface area contributed by atoms with Gasteiger partial charge >= 0.3 is 6.03 Å². The molecule has 0 aromatic carbocycles. The number of nitrogens with zero attached hydrogens (tertiary/aromatic N) is 2. The Morgan fingerprint density at radius 2 is 2.09 bits per heavy atom. The van der Waals surface area contributed by atoms with Gasteiger partial charge in [0.25, 0.3) is 0 Å². The average molecular weight is 314 g/mol. The highest BCUT2D eigenvalue weighted by Crippen LogP contribution is 2.26. The van der Waals surface area contributed by atoms with Gasteiger partial charge in [-0.3, -0.25) is 0 Å². The summed E-state index contributed by atoms with van der Waals surface area (Å²) in [6.07, 6.45) is 4.08. The summed E-state index contributed by atoms with van der Waals surface area (Å²) in [5, 5.41) is 5.78. The summed E-state index contributed by atoms with van der Waals surface area (Å²) in [5.41, 5.74) is 0.731. The van der Waals surface area contributed by atoms with Crippen LogP contribution in [-0.4, -0.2) is 24.1 Å². The number of pyridine rings is 1. The first-order chi connectivity index (χ1) is 11.1. The number of nitrogens with one attached hydrogen (secondary N) is 2. The topological polar surface area (TPSA) is 70.4 Å². The number of aryl methyl sites for hydroxylation is 1. The van der Waals surface area contributed by atoms with E-state index in [1.54, 1.807) is 6.20 Å². The molecule has 23 heavy (non-hydrogen) atoms. The van der Waals surface area contributed by atoms with Gasteiger partial charge in [-0.15, -0.1) is 0 Å². The smallest absolute Gasteiger partial charge is 0.319 e. The molecule has 2 N–H and O–H groups in total. The third-order valence-corrected chi connectivity index (χ3v) is 3.98. The van der Waals surface area contributed by atoms with Crippen LogP contribution in [-0.2, 0) is 0 Å². The van der Waals surface area contributed by atoms with Crippen molar-refractivity contribution in [2.24, 2.45) is 0 Å². The molecule has 2 aromatic rings. The van der Waals surface area contributed by atoms with Crippen LogP contribution in [0, 0.1) is 6.92 Å². The normalized spacial score (nSPS) is 15.5. The second-order valence-corrected chi connectivity index (χ2v) is 5.84. The fourth-order valence-corrected chi connectivity index (χ4v) is 2.79. The Kier molecular flexibility index (Phi) is 4.50. The molecule has 1 saturated heterocycles. The third kappa shape index (κ3) is 3.64. The Bertz CT molecular complexity index is 677. The van der Waals surface area contributed by atoms with E-state index < -0.39 is 0 Å². The molecular formula is C17H22N4O2. The molecule has 0 bridgehead atoms. The number of hydrogen-bond acceptors (Lipinski definition) is 4. The minimum atomic E-state index is -0.264. The molecule has 6 heteroatoms. The van der Waals surface area contributed by atoms with Crippen LogP contribution >= 0.6 is 0 Å². The number of carbonyl (C=O) groups is 1. The van der Waals surface area contributed by atoms with E-state index in [1.807, 2.05) is 38.1 Å². The van der Waals surface area contributed by atoms with Crippen molar-refractivity contribution in [1.29, 1.82) is 0 Å². The zero-order chi connectivity index (χ0) is 16.2. The van der Waals surface area contributed by atoms with Crippen molar-refractivity contribution in [3.8, 4) is 0 Å². The number of rotatable bonds is 4. The van der Waals surface area contributed by atoms with Gasteiger partial charge in [-0.1, -0.05) is 0 Å². The average Bonchev–Trinajstić information content (AvgIpc) is 3.19. The zero-order valence-electron chi connectivity index (χ0n) is 13.5. The van der Waals surface area contributed by atoms with Crippen LogP contribution in [0.1, 0.15) is 37.3 Å². The lowest BCUT2D eigenvalue weighted by atomic mass is 10.2. The predicted molar refractivity (Wildman–Crippen MR) is 89.7 cm³/mol. The van der Waals surface area contributed by atoms with E-state index in [-0.39, 0.29) is 12.1 Å². The molecule has 0 saturated carbocycles. The van der Waals surface area contributed by atoms with Crippen molar-refractivity contribution in [3.05, 3.63) is 42.0 Å². The van der Waals surface area contributed by atoms with Crippen molar-refractivity contribution < 1.29 is 9.21 Å². The molecule has 0 unspecified atom stereocenters. The lowest BCUT2D eigenvalue weighted by Gasteiger charge is -2.20. The number of urea groups is 1. The van der Waals surface area contributed by atoms with Crippen LogP contribution in [0.4, 0.5) is 16.3 Å². The number of amides is 2. The van der Waals surface area contributed by atoms with E-state index in [0.29, 0.717) is 0 Å². The molecule has 2 aromatic heterocycles. The van der Waals surface area contributed by atoms with Gasteiger partial charge in [-0.05, 0) is 51.0 Å². The number of carbonyl (C=O) groups excluding carboxylic acids is 1. The monoisotopic (exact) mass is 314 g/mol. The van der Waals surface area contributed by atoms with Crippen molar-refractivity contribution in [3.63, 3.8) is 0 Å². The maximum atomic E-state index is 12.3. The highest BCUT2D eigenvalue weighted by Gasteiger charge is 2.19. The maximum Gasteiger partial charge on any atom is 0.319 e. The Morgan fingerprint density at radius 1 is 1.30 bits per heavy atom. The highest BCUT2D eigenvalue weighted by molar-refractivity contribution is 5.92. The molecule has 1 aliphatic rings. The number of anilines is 2. The first-order valence-electron chi connectivity index (χ1n) is 7.97. The van der Waals surface area contributed by atoms with Crippen molar-refractivity contribution in [2.45, 2.75) is 32.7 Å². The fourth-order valence-electron chi connectivity index (χ4n) is 2.79. The van der Waals surface area contributed by atoms with E-state index in [2.05, 4.69) is 20.5 Å². The van der Waals surface area contributed by atoms with Gasteiger partial charge in [0, 0.05) is 19.3 Å². The van der Waals surface area contributed by atoms with Crippen LogP contribution in [0.25, 0.3) is 0 Å². The van der Waals surface area contributed by atoms with Gasteiger partial charge in [-0.2, -0.15) is 0 Å². The summed E-state index contributed by atoms with van der Waals surface area (Å²) in [6, 6.07) is 7.00. The highest BCUT2D eigenvalue weighted by atomic mass is 16.3. The van der Waals surface area contributed by atoms with Gasteiger partial charge in [-0.25, -0.2) is 9.78 Å². The lowest BCUT2D eigenvalue weighted by Crippen LogP contribution is -2.32. The van der Waals surface area contributed by atoms with Gasteiger partial charge in [0.05, 0.1) is 11.7 Å². The Hall–Kier alpha value is -2.50. The number of aromatic nitrogens is 1. The molecule has 0 aliphatic carbocycles. The van der Waals surface area contributed by atoms with E-state index in [0.717, 1.165) is 49.0 Å². The van der Waals surface area contributed by atoms with E-state index in [9.17, 15) is 4.79 Å². The zero-order valence-corrected chi connectivity index (χ0v) is 13.5. The first kappa shape index (κ1) is 15.4. The van der Waals surface area contributed by atoms with E-state index in [1.165, 1.54) is 0 Å². The van der Waals surface area contributed by atoms with Gasteiger partial charge in [0.1, 0.15) is 11.5 Å². The number of furan rings is 1. The van der Waals surface area contributed by atoms with Gasteiger partial charge < -0.3 is 20.0 Å². The lowest BCUT2D eigenvalue weighted by molar-refractivity contribution is 0.247. The molecular weight excluding hydrogens is 292 g/mol. The van der Waals surface area contributed by atoms with Gasteiger partial charge in [0.2, 0.25) is 0 Å². The second kappa shape index (κ2) is 6.73. The van der Waals surface area contributed by atoms with E-state index in [4.69, 9.17) is 4.42 Å². The van der Waals surface area contributed by atoms with Crippen molar-refractivity contribution in [2.75, 3.05) is 23.3 Å². The molecule has 3 rings (SSSR count). The van der Waals surface area contributed by atoms with Crippen LogP contribution < -0.4 is 15.5 Å². The minimum absolute atomic E-state index is 0.199. The molecule has 1 fully saturated rings. The quantitative estimate of drug-likeness (QED) is 0.906. The Labute approximate surface area is 135 Å². The third-order valence-electron chi connectivity index (χ3n) is 3.98. The largest absolute Gasteiger partial charge is 0.464 e. The summed E-state index contributed by atoms with van der Waals surface area (Å²) in [6.45, 7) is 5.74. The number of hydrogen-bond donors (Lipinski definition) is 2. The minimum Gasteiger partial charge on any atom is -0.464 e. The summed E-state index contributed by atoms with van der Waals surface area (Å²) in [7, 11) is 0. The van der Waals surface area contributed by atoms with Crippen LogP contribution in [0.2, 0.25) is 0 Å². The van der Waals surface area contributed by atoms with Crippen LogP contribution in [0.5, 0.6) is 0 Å². The molecule has 122 valence electrons. The molecule has 1 aliphatic heterocycles. The second-order valence-electron chi connectivity index (χ2n) is 5.84. The molecule has 3 heterocycles. The molecule has 6 nitrogen and oxygen atoms in total. The SMILES string of the molecule is Cc1ccc([C@@H](C)NC(=O)Nc2cccnc2N2CCCC2)o1. The summed E-state index contributed by atoms with van der Waals surface area (Å²) < 4.78 is 5.54. The molecule has 0 spiro atoms. The Morgan fingerprint density at radius 3 is 2.78 bits per heavy atom. The van der Waals surface area contributed by atoms with Crippen LogP contribution in [0.3, 0.4) is 0 Å². The standard InChI is InChI=1S/C17H22N4O2/c1-12-7-8-15(23-12)13(2)19-17(22)20-14-6-5-9-18-16(14)21-10-3-4-11-21/h5-9,13H,3-4,10-11H2,1-2H3,(H2,19,20,22)/t13-/m1/s1. The predicted octanol–water partition coefficient (Wildman–Crippen LogP) is 3.47. The van der Waals surface area contributed by atoms with Crippen molar-refractivity contribution in [1.82, 2.24) is 10.3 Å². The van der Waals surface area contributed by atoms with E-state index >= 15 is 0 Å². The first-order valence-corrected chi connectivity index (χ1v) is 7.97. The molecule has 1 atom stereocenters. The molecule has 2 amide bonds. The Balaban J connectivity index is 1.66. The maximum absolute atomic E-state index is 12.3. The summed E-state index contributed by atoms with van der Waals surface area (Å²) >= 11 is 0. The fraction of sp³-hybridized carbons (Fsp3) is 0.412. The summed E-state index contributed by atoms with van der Waals surface area (Å²) in [4.78, 5) is 18.9. The van der Waals surface area contributed by atoms with Gasteiger partial charge in [0.15, 0.2) is 5.82 Å².